The van der Waals surface area contributed by atoms with E-state index in [1.54, 1.807) is 11.0 Å². The van der Waals surface area contributed by atoms with Crippen LogP contribution in [0.15, 0.2) is 18.2 Å². The maximum Gasteiger partial charge on any atom is 0.250 e. The SMILES string of the molecule is CCCNC(=O)[C@@H]1[C@@H]2CCC3(O2)C(C(=O)Nc2c(C)cccc2Cl)N(CCCCO)C(=O)[C@H]13. The van der Waals surface area contributed by atoms with Crippen LogP contribution in [0.3, 0.4) is 0 Å². The summed E-state index contributed by atoms with van der Waals surface area (Å²) in [6.07, 6.45) is 2.67. The molecule has 3 amide bonds. The topological polar surface area (TPSA) is 108 Å². The van der Waals surface area contributed by atoms with E-state index in [1.807, 2.05) is 26.0 Å². The average molecular weight is 478 g/mol. The Hall–Kier alpha value is -2.16. The van der Waals surface area contributed by atoms with Crippen LogP contribution < -0.4 is 10.6 Å². The van der Waals surface area contributed by atoms with Crippen molar-refractivity contribution >= 4 is 35.0 Å². The summed E-state index contributed by atoms with van der Waals surface area (Å²) in [5, 5.41) is 15.5. The number of aryl methyl sites for hydroxylation is 1. The lowest BCUT2D eigenvalue weighted by molar-refractivity contribution is -0.140. The highest BCUT2D eigenvalue weighted by molar-refractivity contribution is 6.34. The first-order valence-corrected chi connectivity index (χ1v) is 12.2. The molecule has 3 fully saturated rings. The van der Waals surface area contributed by atoms with Crippen LogP contribution in [0.1, 0.15) is 44.6 Å². The van der Waals surface area contributed by atoms with E-state index in [0.717, 1.165) is 12.0 Å². The number of likely N-dealkylation sites (tertiary alicyclic amines) is 1. The first-order valence-electron chi connectivity index (χ1n) is 11.8. The fraction of sp³-hybridized carbons (Fsp3) is 0.625. The van der Waals surface area contributed by atoms with E-state index in [2.05, 4.69) is 10.6 Å². The van der Waals surface area contributed by atoms with Gasteiger partial charge >= 0.3 is 0 Å². The lowest BCUT2D eigenvalue weighted by atomic mass is 9.70. The summed E-state index contributed by atoms with van der Waals surface area (Å²) in [7, 11) is 0. The van der Waals surface area contributed by atoms with E-state index in [9.17, 15) is 19.5 Å². The van der Waals surface area contributed by atoms with Crippen molar-refractivity contribution in [2.24, 2.45) is 11.8 Å². The minimum Gasteiger partial charge on any atom is -0.396 e. The Morgan fingerprint density at radius 1 is 1.30 bits per heavy atom. The number of anilines is 1. The third kappa shape index (κ3) is 4.02. The van der Waals surface area contributed by atoms with Crippen molar-refractivity contribution < 1.29 is 24.2 Å². The highest BCUT2D eigenvalue weighted by atomic mass is 35.5. The number of fused-ring (bicyclic) bond motifs is 1. The van der Waals surface area contributed by atoms with Gasteiger partial charge in [0.1, 0.15) is 11.6 Å². The monoisotopic (exact) mass is 477 g/mol. The lowest BCUT2D eigenvalue weighted by Crippen LogP contribution is -2.53. The third-order valence-corrected chi connectivity index (χ3v) is 7.49. The van der Waals surface area contributed by atoms with E-state index in [1.165, 1.54) is 0 Å². The molecule has 9 heteroatoms. The van der Waals surface area contributed by atoms with Gasteiger partial charge in [-0.3, -0.25) is 14.4 Å². The summed E-state index contributed by atoms with van der Waals surface area (Å²) in [6.45, 7) is 4.68. The van der Waals surface area contributed by atoms with E-state index in [-0.39, 0.29) is 30.4 Å². The molecule has 1 aromatic rings. The number of carbonyl (C=O) groups excluding carboxylic acids is 3. The predicted octanol–water partition coefficient (Wildman–Crippen LogP) is 2.26. The number of hydrogen-bond acceptors (Lipinski definition) is 5. The molecule has 3 saturated heterocycles. The minimum absolute atomic E-state index is 0.00685. The van der Waals surface area contributed by atoms with Gasteiger partial charge in [0.25, 0.3) is 0 Å². The number of rotatable bonds is 9. The summed E-state index contributed by atoms with van der Waals surface area (Å²) in [5.74, 6) is -2.05. The standard InChI is InChI=1S/C24H32ClN3O5/c1-3-11-26-21(30)17-16-9-10-24(33-16)18(17)23(32)28(12-4-5-13-29)20(24)22(31)27-19-14(2)7-6-8-15(19)25/h6-8,16-18,20,29H,3-5,9-13H2,1-2H3,(H,26,30)(H,27,31)/t16-,17+,18-,20?,24?/m0/s1. The number of amides is 3. The smallest absolute Gasteiger partial charge is 0.250 e. The largest absolute Gasteiger partial charge is 0.396 e. The van der Waals surface area contributed by atoms with Crippen LogP contribution in [0.25, 0.3) is 0 Å². The molecule has 33 heavy (non-hydrogen) atoms. The van der Waals surface area contributed by atoms with Crippen LogP contribution in [-0.4, -0.2) is 65.2 Å². The average Bonchev–Trinajstić information content (AvgIpc) is 3.42. The molecule has 0 radical (unpaired) electrons. The third-order valence-electron chi connectivity index (χ3n) is 7.18. The summed E-state index contributed by atoms with van der Waals surface area (Å²) < 4.78 is 6.37. The van der Waals surface area contributed by atoms with Gasteiger partial charge in [-0.25, -0.2) is 0 Å². The molecule has 2 unspecified atom stereocenters. The van der Waals surface area contributed by atoms with Crippen molar-refractivity contribution in [3.63, 3.8) is 0 Å². The van der Waals surface area contributed by atoms with Gasteiger partial charge in [-0.15, -0.1) is 0 Å². The van der Waals surface area contributed by atoms with Crippen molar-refractivity contribution in [2.45, 2.75) is 63.7 Å². The van der Waals surface area contributed by atoms with E-state index in [0.29, 0.717) is 49.5 Å². The molecule has 1 spiro atoms. The van der Waals surface area contributed by atoms with Gasteiger partial charge in [-0.1, -0.05) is 30.7 Å². The Balaban J connectivity index is 1.67. The van der Waals surface area contributed by atoms with Gasteiger partial charge in [0, 0.05) is 19.7 Å². The molecule has 8 nitrogen and oxygen atoms in total. The molecule has 180 valence electrons. The zero-order chi connectivity index (χ0) is 23.8. The molecule has 3 N–H and O–H groups in total. The number of para-hydroxylation sites is 1. The summed E-state index contributed by atoms with van der Waals surface area (Å²) in [4.78, 5) is 41.9. The number of benzene rings is 1. The van der Waals surface area contributed by atoms with Crippen LogP contribution in [0.5, 0.6) is 0 Å². The number of nitrogens with one attached hydrogen (secondary N) is 2. The van der Waals surface area contributed by atoms with Gasteiger partial charge in [0.2, 0.25) is 17.7 Å². The Morgan fingerprint density at radius 3 is 2.79 bits per heavy atom. The summed E-state index contributed by atoms with van der Waals surface area (Å²) in [6, 6.07) is 4.50. The Bertz CT molecular complexity index is 920. The fourth-order valence-corrected chi connectivity index (χ4v) is 6.01. The van der Waals surface area contributed by atoms with Crippen LogP contribution in [0, 0.1) is 18.8 Å². The summed E-state index contributed by atoms with van der Waals surface area (Å²) >= 11 is 6.34. The van der Waals surface area contributed by atoms with E-state index < -0.39 is 23.5 Å². The molecular weight excluding hydrogens is 446 g/mol. The second-order valence-electron chi connectivity index (χ2n) is 9.23. The number of nitrogens with zero attached hydrogens (tertiary/aromatic N) is 1. The second-order valence-corrected chi connectivity index (χ2v) is 9.64. The van der Waals surface area contributed by atoms with Crippen molar-refractivity contribution in [1.82, 2.24) is 10.2 Å². The first-order chi connectivity index (χ1) is 15.9. The quantitative estimate of drug-likeness (QED) is 0.473. The number of halogens is 1. The van der Waals surface area contributed by atoms with Crippen LogP contribution in [0.2, 0.25) is 5.02 Å². The Kier molecular flexibility index (Phi) is 6.98. The molecule has 5 atom stereocenters. The van der Waals surface area contributed by atoms with E-state index in [4.69, 9.17) is 16.3 Å². The molecule has 3 aliphatic rings. The van der Waals surface area contributed by atoms with Gasteiger partial charge in [0.05, 0.1) is 28.6 Å². The molecule has 2 bridgehead atoms. The summed E-state index contributed by atoms with van der Waals surface area (Å²) in [5.41, 5.74) is 0.292. The number of carbonyl (C=O) groups is 3. The van der Waals surface area contributed by atoms with Crippen molar-refractivity contribution in [3.05, 3.63) is 28.8 Å². The molecule has 0 aliphatic carbocycles. The van der Waals surface area contributed by atoms with Gasteiger partial charge in [0.15, 0.2) is 0 Å². The Labute approximate surface area is 199 Å². The fourth-order valence-electron chi connectivity index (χ4n) is 5.74. The van der Waals surface area contributed by atoms with Crippen LogP contribution in [0.4, 0.5) is 5.69 Å². The first kappa shape index (κ1) is 24.0. The maximum absolute atomic E-state index is 13.7. The minimum atomic E-state index is -1.03. The number of aliphatic hydroxyl groups excluding tert-OH is 1. The number of hydrogen-bond donors (Lipinski definition) is 3. The van der Waals surface area contributed by atoms with E-state index >= 15 is 0 Å². The molecule has 0 aromatic heterocycles. The van der Waals surface area contributed by atoms with Crippen molar-refractivity contribution in [2.75, 3.05) is 25.0 Å². The normalized spacial score (nSPS) is 29.9. The Morgan fingerprint density at radius 2 is 2.09 bits per heavy atom. The maximum atomic E-state index is 13.7. The lowest BCUT2D eigenvalue weighted by Gasteiger charge is -2.33. The molecule has 1 aromatic carbocycles. The zero-order valence-electron chi connectivity index (χ0n) is 19.1. The van der Waals surface area contributed by atoms with Crippen LogP contribution >= 0.6 is 11.6 Å². The number of unbranched alkanes of at least 4 members (excludes halogenated alkanes) is 1. The van der Waals surface area contributed by atoms with Gasteiger partial charge < -0.3 is 25.4 Å². The highest BCUT2D eigenvalue weighted by Gasteiger charge is 2.74. The molecule has 3 aliphatic heterocycles. The van der Waals surface area contributed by atoms with Crippen molar-refractivity contribution in [1.29, 1.82) is 0 Å². The number of aliphatic hydroxyl groups is 1. The van der Waals surface area contributed by atoms with Gasteiger partial charge in [-0.05, 0) is 50.7 Å². The molecular formula is C24H32ClN3O5. The molecule has 4 rings (SSSR count). The highest BCUT2D eigenvalue weighted by Crippen LogP contribution is 2.58. The van der Waals surface area contributed by atoms with Crippen LogP contribution in [-0.2, 0) is 19.1 Å². The second kappa shape index (κ2) is 9.60. The zero-order valence-corrected chi connectivity index (χ0v) is 19.9. The molecule has 3 heterocycles. The molecule has 0 saturated carbocycles. The predicted molar refractivity (Wildman–Crippen MR) is 124 cm³/mol. The van der Waals surface area contributed by atoms with Gasteiger partial charge in [-0.2, -0.15) is 0 Å². The van der Waals surface area contributed by atoms with Crippen molar-refractivity contribution in [3.8, 4) is 0 Å². The number of ether oxygens (including phenoxy) is 1.